The van der Waals surface area contributed by atoms with Crippen LogP contribution in [0.4, 0.5) is 0 Å². The van der Waals surface area contributed by atoms with E-state index in [1.807, 2.05) is 18.2 Å². The largest absolute Gasteiger partial charge is 0.349 e. The Kier molecular flexibility index (Phi) is 5.37. The highest BCUT2D eigenvalue weighted by Gasteiger charge is 2.24. The average molecular weight is 290 g/mol. The number of aliphatic hydroxyl groups is 2. The van der Waals surface area contributed by atoms with Crippen LogP contribution in [-0.4, -0.2) is 22.0 Å². The van der Waals surface area contributed by atoms with Gasteiger partial charge in [0.2, 0.25) is 11.8 Å². The van der Waals surface area contributed by atoms with E-state index >= 15 is 0 Å². The maximum atomic E-state index is 12.0. The first-order valence-corrected chi connectivity index (χ1v) is 7.77. The fraction of sp³-hybridized carbons (Fsp3) is 0.588. The summed E-state index contributed by atoms with van der Waals surface area (Å²) < 4.78 is 0. The summed E-state index contributed by atoms with van der Waals surface area (Å²) in [5.74, 6) is -2.03. The zero-order valence-electron chi connectivity index (χ0n) is 12.6. The lowest BCUT2D eigenvalue weighted by atomic mass is 9.81. The van der Waals surface area contributed by atoms with E-state index in [9.17, 15) is 15.0 Å². The van der Waals surface area contributed by atoms with Crippen molar-refractivity contribution in [1.82, 2.24) is 5.32 Å². The summed E-state index contributed by atoms with van der Waals surface area (Å²) in [6.07, 6.45) is 6.24. The van der Waals surface area contributed by atoms with Crippen LogP contribution in [0.1, 0.15) is 62.5 Å². The van der Waals surface area contributed by atoms with Crippen molar-refractivity contribution < 1.29 is 15.0 Å². The van der Waals surface area contributed by atoms with Crippen LogP contribution in [0.25, 0.3) is 0 Å². The monoisotopic (exact) mass is 290 g/mol. The van der Waals surface area contributed by atoms with Gasteiger partial charge in [-0.25, -0.2) is 0 Å². The van der Waals surface area contributed by atoms with Crippen molar-refractivity contribution in [3.8, 4) is 0 Å². The second-order valence-electron chi connectivity index (χ2n) is 5.84. The average Bonchev–Trinajstić information content (AvgIpc) is 2.48. The van der Waals surface area contributed by atoms with E-state index < -0.39 is 5.91 Å². The fourth-order valence-electron chi connectivity index (χ4n) is 2.94. The molecule has 0 heterocycles. The first-order valence-electron chi connectivity index (χ1n) is 7.77. The van der Waals surface area contributed by atoms with Crippen LogP contribution in [0.3, 0.4) is 0 Å². The molecular weight excluding hydrogens is 266 g/mol. The highest BCUT2D eigenvalue weighted by atomic mass is 16.5. The van der Waals surface area contributed by atoms with Gasteiger partial charge in [0, 0.05) is 6.42 Å². The molecule has 0 bridgehead atoms. The van der Waals surface area contributed by atoms with Crippen LogP contribution < -0.4 is 5.32 Å². The number of benzene rings is 1. The Morgan fingerprint density at radius 2 is 2.10 bits per heavy atom. The van der Waals surface area contributed by atoms with Crippen LogP contribution in [0.15, 0.2) is 18.2 Å². The standard InChI is InChI=1S/C17H24NO3/c1-2-17(20,21)18-16(19)12-14-10-6-7-11-15(14)13-8-4-3-5-9-13/h6-7,10,13,20-21H,2-5,8-9,12H2,1H3,(H,18,19). The number of nitrogens with one attached hydrogen (secondary N) is 1. The summed E-state index contributed by atoms with van der Waals surface area (Å²) >= 11 is 0. The van der Waals surface area contributed by atoms with E-state index in [4.69, 9.17) is 0 Å². The molecule has 0 unspecified atom stereocenters. The molecular formula is C17H24NO3. The Labute approximate surface area is 126 Å². The first-order chi connectivity index (χ1) is 10.0. The molecule has 1 fully saturated rings. The molecule has 21 heavy (non-hydrogen) atoms. The number of hydrogen-bond donors (Lipinski definition) is 3. The molecule has 0 aliphatic heterocycles. The third-order valence-corrected chi connectivity index (χ3v) is 4.18. The third-order valence-electron chi connectivity index (χ3n) is 4.18. The van der Waals surface area contributed by atoms with Crippen LogP contribution in [0, 0.1) is 6.07 Å². The second-order valence-corrected chi connectivity index (χ2v) is 5.84. The predicted molar refractivity (Wildman–Crippen MR) is 80.4 cm³/mol. The highest BCUT2D eigenvalue weighted by Crippen LogP contribution is 2.34. The Morgan fingerprint density at radius 3 is 2.76 bits per heavy atom. The summed E-state index contributed by atoms with van der Waals surface area (Å²) in [6, 6.07) is 8.98. The highest BCUT2D eigenvalue weighted by molar-refractivity contribution is 5.79. The lowest BCUT2D eigenvalue weighted by Gasteiger charge is -2.25. The van der Waals surface area contributed by atoms with Crippen LogP contribution in [0.5, 0.6) is 0 Å². The Balaban J connectivity index is 2.07. The van der Waals surface area contributed by atoms with E-state index in [1.54, 1.807) is 6.92 Å². The zero-order valence-corrected chi connectivity index (χ0v) is 12.6. The minimum atomic E-state index is -2.12. The summed E-state index contributed by atoms with van der Waals surface area (Å²) in [6.45, 7) is 1.60. The number of carbonyl (C=O) groups is 1. The van der Waals surface area contributed by atoms with Crippen LogP contribution >= 0.6 is 0 Å². The maximum Gasteiger partial charge on any atom is 0.246 e. The van der Waals surface area contributed by atoms with Gasteiger partial charge in [-0.3, -0.25) is 4.79 Å². The SMILES string of the molecule is CCC(O)(O)NC(=O)Cc1ccc[c]c1C1CCCCC1. The molecule has 1 aliphatic rings. The van der Waals surface area contributed by atoms with Gasteiger partial charge in [0.05, 0.1) is 6.42 Å². The zero-order chi connectivity index (χ0) is 15.3. The summed E-state index contributed by atoms with van der Waals surface area (Å²) in [4.78, 5) is 12.0. The molecule has 4 nitrogen and oxygen atoms in total. The number of hydrogen-bond acceptors (Lipinski definition) is 3. The van der Waals surface area contributed by atoms with Gasteiger partial charge in [0.15, 0.2) is 0 Å². The van der Waals surface area contributed by atoms with E-state index in [0.717, 1.165) is 24.0 Å². The van der Waals surface area contributed by atoms with Crippen molar-refractivity contribution >= 4 is 5.91 Å². The van der Waals surface area contributed by atoms with Crippen molar-refractivity contribution in [2.75, 3.05) is 0 Å². The van der Waals surface area contributed by atoms with Gasteiger partial charge in [-0.15, -0.1) is 0 Å². The number of rotatable bonds is 5. The molecule has 1 aromatic carbocycles. The van der Waals surface area contributed by atoms with E-state index in [-0.39, 0.29) is 18.7 Å². The van der Waals surface area contributed by atoms with Gasteiger partial charge in [-0.2, -0.15) is 0 Å². The lowest BCUT2D eigenvalue weighted by Crippen LogP contribution is -2.48. The smallest absolute Gasteiger partial charge is 0.246 e. The van der Waals surface area contributed by atoms with Crippen LogP contribution in [-0.2, 0) is 11.2 Å². The van der Waals surface area contributed by atoms with Gasteiger partial charge in [-0.05, 0) is 36.0 Å². The van der Waals surface area contributed by atoms with Gasteiger partial charge in [0.1, 0.15) is 0 Å². The molecule has 1 radical (unpaired) electrons. The predicted octanol–water partition coefficient (Wildman–Crippen LogP) is 2.24. The van der Waals surface area contributed by atoms with Gasteiger partial charge in [-0.1, -0.05) is 44.4 Å². The molecule has 2 rings (SSSR count). The molecule has 1 aliphatic carbocycles. The van der Waals surface area contributed by atoms with Crippen molar-refractivity contribution in [2.24, 2.45) is 0 Å². The topological polar surface area (TPSA) is 69.6 Å². The summed E-state index contributed by atoms with van der Waals surface area (Å²) in [7, 11) is 0. The third kappa shape index (κ3) is 4.55. The molecule has 0 spiro atoms. The van der Waals surface area contributed by atoms with E-state index in [0.29, 0.717) is 5.92 Å². The van der Waals surface area contributed by atoms with Gasteiger partial charge < -0.3 is 15.5 Å². The van der Waals surface area contributed by atoms with Crippen molar-refractivity contribution in [3.63, 3.8) is 0 Å². The van der Waals surface area contributed by atoms with Crippen molar-refractivity contribution in [3.05, 3.63) is 35.4 Å². The molecule has 1 amide bonds. The Bertz CT molecular complexity index is 479. The second kappa shape index (κ2) is 7.05. The van der Waals surface area contributed by atoms with Crippen LogP contribution in [0.2, 0.25) is 0 Å². The minimum absolute atomic E-state index is 0.0507. The number of amides is 1. The Morgan fingerprint density at radius 1 is 1.38 bits per heavy atom. The minimum Gasteiger partial charge on any atom is -0.349 e. The lowest BCUT2D eigenvalue weighted by molar-refractivity contribution is -0.190. The fourth-order valence-corrected chi connectivity index (χ4v) is 2.94. The molecule has 1 aromatic rings. The maximum absolute atomic E-state index is 12.0. The normalized spacial score (nSPS) is 16.7. The van der Waals surface area contributed by atoms with Crippen molar-refractivity contribution in [2.45, 2.75) is 63.7 Å². The first kappa shape index (κ1) is 16.0. The van der Waals surface area contributed by atoms with E-state index in [1.165, 1.54) is 19.3 Å². The Hall–Kier alpha value is -1.39. The molecule has 4 heteroatoms. The quantitative estimate of drug-likeness (QED) is 0.728. The molecule has 115 valence electrons. The van der Waals surface area contributed by atoms with E-state index in [2.05, 4.69) is 11.4 Å². The van der Waals surface area contributed by atoms with Gasteiger partial charge in [0.25, 0.3) is 0 Å². The molecule has 0 aromatic heterocycles. The summed E-state index contributed by atoms with van der Waals surface area (Å²) in [5.41, 5.74) is 2.05. The molecule has 0 saturated heterocycles. The number of carbonyl (C=O) groups excluding carboxylic acids is 1. The van der Waals surface area contributed by atoms with Crippen molar-refractivity contribution in [1.29, 1.82) is 0 Å². The van der Waals surface area contributed by atoms with Gasteiger partial charge >= 0.3 is 0 Å². The molecule has 3 N–H and O–H groups in total. The summed E-state index contributed by atoms with van der Waals surface area (Å²) in [5, 5.41) is 21.3. The molecule has 1 saturated carbocycles. The molecule has 0 atom stereocenters.